The van der Waals surface area contributed by atoms with Gasteiger partial charge in [-0.3, -0.25) is 15.4 Å². The smallest absolute Gasteiger partial charge is 0.241 e. The highest BCUT2D eigenvalue weighted by Gasteiger charge is 2.11. The van der Waals surface area contributed by atoms with E-state index in [0.717, 1.165) is 57.0 Å². The summed E-state index contributed by atoms with van der Waals surface area (Å²) in [4.78, 5) is 10.9. The molecule has 9 heteroatoms. The Labute approximate surface area is 122 Å². The minimum Gasteiger partial charge on any atom is -0.379 e. The molecule has 2 aromatic heterocycles. The van der Waals surface area contributed by atoms with Crippen LogP contribution in [0, 0.1) is 0 Å². The molecule has 21 heavy (non-hydrogen) atoms. The first kappa shape index (κ1) is 14.0. The SMILES string of the molecule is NNc1nc(NCCCN2CCOCC2)c2cn[nH]c2n1. The lowest BCUT2D eigenvalue weighted by molar-refractivity contribution is 0.0378. The van der Waals surface area contributed by atoms with Crippen LogP contribution in [-0.2, 0) is 4.74 Å². The molecular formula is C12H20N8O. The Bertz CT molecular complexity index is 580. The van der Waals surface area contributed by atoms with Crippen molar-refractivity contribution in [1.82, 2.24) is 25.1 Å². The summed E-state index contributed by atoms with van der Waals surface area (Å²) in [7, 11) is 0. The van der Waals surface area contributed by atoms with E-state index < -0.39 is 0 Å². The summed E-state index contributed by atoms with van der Waals surface area (Å²) in [5, 5.41) is 11.0. The third kappa shape index (κ3) is 3.38. The van der Waals surface area contributed by atoms with Crippen molar-refractivity contribution in [3.63, 3.8) is 0 Å². The van der Waals surface area contributed by atoms with Gasteiger partial charge in [-0.25, -0.2) is 5.84 Å². The van der Waals surface area contributed by atoms with Gasteiger partial charge in [0.1, 0.15) is 5.82 Å². The molecule has 0 radical (unpaired) electrons. The second-order valence-electron chi connectivity index (χ2n) is 4.91. The van der Waals surface area contributed by atoms with Gasteiger partial charge >= 0.3 is 0 Å². The number of nitrogens with one attached hydrogen (secondary N) is 3. The maximum Gasteiger partial charge on any atom is 0.241 e. The largest absolute Gasteiger partial charge is 0.379 e. The molecule has 1 saturated heterocycles. The fourth-order valence-electron chi connectivity index (χ4n) is 2.37. The zero-order chi connectivity index (χ0) is 14.5. The number of H-pyrrole nitrogens is 1. The van der Waals surface area contributed by atoms with Gasteiger partial charge in [0.25, 0.3) is 0 Å². The van der Waals surface area contributed by atoms with Gasteiger partial charge in [-0.2, -0.15) is 15.1 Å². The molecule has 1 aliphatic rings. The van der Waals surface area contributed by atoms with Crippen LogP contribution in [0.5, 0.6) is 0 Å². The maximum atomic E-state index is 5.38. The van der Waals surface area contributed by atoms with E-state index in [4.69, 9.17) is 10.6 Å². The Morgan fingerprint density at radius 2 is 2.19 bits per heavy atom. The minimum atomic E-state index is 0.363. The molecule has 0 amide bonds. The lowest BCUT2D eigenvalue weighted by Gasteiger charge is -2.26. The summed E-state index contributed by atoms with van der Waals surface area (Å²) in [6, 6.07) is 0. The quantitative estimate of drug-likeness (QED) is 0.328. The van der Waals surface area contributed by atoms with Crippen LogP contribution in [-0.4, -0.2) is 64.5 Å². The second kappa shape index (κ2) is 6.66. The average molecular weight is 292 g/mol. The summed E-state index contributed by atoms with van der Waals surface area (Å²) in [5.41, 5.74) is 3.12. The number of fused-ring (bicyclic) bond motifs is 1. The van der Waals surface area contributed by atoms with E-state index in [1.54, 1.807) is 6.20 Å². The van der Waals surface area contributed by atoms with Crippen LogP contribution in [0.1, 0.15) is 6.42 Å². The zero-order valence-electron chi connectivity index (χ0n) is 11.8. The van der Waals surface area contributed by atoms with Crippen molar-refractivity contribution in [2.45, 2.75) is 6.42 Å². The Kier molecular flexibility index (Phi) is 4.43. The lowest BCUT2D eigenvalue weighted by atomic mass is 10.3. The van der Waals surface area contributed by atoms with Crippen LogP contribution in [0.15, 0.2) is 6.20 Å². The predicted molar refractivity (Wildman–Crippen MR) is 79.9 cm³/mol. The van der Waals surface area contributed by atoms with Crippen molar-refractivity contribution in [2.75, 3.05) is 50.1 Å². The van der Waals surface area contributed by atoms with Gasteiger partial charge in [0.2, 0.25) is 5.95 Å². The zero-order valence-corrected chi connectivity index (χ0v) is 11.8. The van der Waals surface area contributed by atoms with Gasteiger partial charge in [0, 0.05) is 19.6 Å². The predicted octanol–water partition coefficient (Wildman–Crippen LogP) is -0.227. The molecule has 3 heterocycles. The first-order valence-electron chi connectivity index (χ1n) is 7.08. The first-order valence-corrected chi connectivity index (χ1v) is 7.08. The Balaban J connectivity index is 1.55. The Morgan fingerprint density at radius 3 is 3.00 bits per heavy atom. The molecule has 0 saturated carbocycles. The van der Waals surface area contributed by atoms with Crippen LogP contribution in [0.25, 0.3) is 11.0 Å². The number of aromatic nitrogens is 4. The second-order valence-corrected chi connectivity index (χ2v) is 4.91. The van der Waals surface area contributed by atoms with E-state index in [1.807, 2.05) is 0 Å². The van der Waals surface area contributed by atoms with Crippen LogP contribution in [0.3, 0.4) is 0 Å². The van der Waals surface area contributed by atoms with Crippen LogP contribution >= 0.6 is 0 Å². The Hall–Kier alpha value is -1.97. The number of rotatable bonds is 6. The molecule has 0 spiro atoms. The molecule has 3 rings (SSSR count). The van der Waals surface area contributed by atoms with E-state index in [-0.39, 0.29) is 0 Å². The topological polar surface area (TPSA) is 117 Å². The highest BCUT2D eigenvalue weighted by molar-refractivity contribution is 5.86. The molecule has 1 aliphatic heterocycles. The summed E-state index contributed by atoms with van der Waals surface area (Å²) in [6.45, 7) is 5.58. The molecule has 2 aromatic rings. The number of nitrogens with two attached hydrogens (primary N) is 1. The lowest BCUT2D eigenvalue weighted by Crippen LogP contribution is -2.37. The monoisotopic (exact) mass is 292 g/mol. The Morgan fingerprint density at radius 1 is 1.33 bits per heavy atom. The number of hydrogen-bond acceptors (Lipinski definition) is 8. The van der Waals surface area contributed by atoms with Crippen molar-refractivity contribution in [3.05, 3.63) is 6.20 Å². The van der Waals surface area contributed by atoms with E-state index in [2.05, 4.69) is 35.8 Å². The van der Waals surface area contributed by atoms with Crippen LogP contribution < -0.4 is 16.6 Å². The van der Waals surface area contributed by atoms with Crippen molar-refractivity contribution in [3.8, 4) is 0 Å². The van der Waals surface area contributed by atoms with Gasteiger partial charge in [-0.05, 0) is 13.0 Å². The van der Waals surface area contributed by atoms with E-state index in [1.165, 1.54) is 0 Å². The first-order chi connectivity index (χ1) is 10.4. The van der Waals surface area contributed by atoms with E-state index >= 15 is 0 Å². The third-order valence-electron chi connectivity index (χ3n) is 3.49. The van der Waals surface area contributed by atoms with Gasteiger partial charge in [0.05, 0.1) is 24.8 Å². The summed E-state index contributed by atoms with van der Waals surface area (Å²) < 4.78 is 5.34. The molecule has 5 N–H and O–H groups in total. The minimum absolute atomic E-state index is 0.363. The molecule has 0 unspecified atom stereocenters. The van der Waals surface area contributed by atoms with Crippen molar-refractivity contribution in [2.24, 2.45) is 5.84 Å². The van der Waals surface area contributed by atoms with Gasteiger partial charge in [-0.15, -0.1) is 0 Å². The third-order valence-corrected chi connectivity index (χ3v) is 3.49. The van der Waals surface area contributed by atoms with Crippen LogP contribution in [0.4, 0.5) is 11.8 Å². The fraction of sp³-hybridized carbons (Fsp3) is 0.583. The number of morpholine rings is 1. The number of nitrogens with zero attached hydrogens (tertiary/aromatic N) is 4. The number of hydrogen-bond donors (Lipinski definition) is 4. The molecule has 1 fully saturated rings. The standard InChI is InChI=1S/C12H20N8O/c13-18-12-16-10(9-8-15-19-11(9)17-12)14-2-1-3-20-4-6-21-7-5-20/h8H,1-7,13H2,(H3,14,15,16,17,18,19). The normalized spacial score (nSPS) is 16.2. The van der Waals surface area contributed by atoms with E-state index in [0.29, 0.717) is 11.6 Å². The fourth-order valence-corrected chi connectivity index (χ4v) is 2.37. The molecule has 0 bridgehead atoms. The van der Waals surface area contributed by atoms with Gasteiger partial charge < -0.3 is 10.1 Å². The van der Waals surface area contributed by atoms with E-state index in [9.17, 15) is 0 Å². The van der Waals surface area contributed by atoms with Crippen molar-refractivity contribution < 1.29 is 4.74 Å². The molecule has 9 nitrogen and oxygen atoms in total. The molecule has 0 aliphatic carbocycles. The molecule has 0 atom stereocenters. The average Bonchev–Trinajstić information content (AvgIpc) is 3.00. The maximum absolute atomic E-state index is 5.38. The number of anilines is 2. The summed E-state index contributed by atoms with van der Waals surface area (Å²) in [5.74, 6) is 6.48. The van der Waals surface area contributed by atoms with Gasteiger partial charge in [0.15, 0.2) is 5.65 Å². The number of nitrogen functional groups attached to an aromatic ring is 1. The molecular weight excluding hydrogens is 272 g/mol. The molecule has 0 aromatic carbocycles. The molecule has 114 valence electrons. The number of aromatic amines is 1. The number of hydrazine groups is 1. The summed E-state index contributed by atoms with van der Waals surface area (Å²) in [6.07, 6.45) is 2.74. The highest BCUT2D eigenvalue weighted by Crippen LogP contribution is 2.19. The van der Waals surface area contributed by atoms with Crippen molar-refractivity contribution in [1.29, 1.82) is 0 Å². The van der Waals surface area contributed by atoms with Gasteiger partial charge in [-0.1, -0.05) is 0 Å². The highest BCUT2D eigenvalue weighted by atomic mass is 16.5. The summed E-state index contributed by atoms with van der Waals surface area (Å²) >= 11 is 0. The number of ether oxygens (including phenoxy) is 1. The van der Waals surface area contributed by atoms with Crippen LogP contribution in [0.2, 0.25) is 0 Å². The van der Waals surface area contributed by atoms with Crippen molar-refractivity contribution >= 4 is 22.8 Å².